The second-order valence-electron chi connectivity index (χ2n) is 4.82. The van der Waals surface area contributed by atoms with Crippen molar-refractivity contribution in [2.45, 2.75) is 17.5 Å². The fraction of sp³-hybridized carbons (Fsp3) is 0.455. The average molecular weight is 360 g/mol. The highest BCUT2D eigenvalue weighted by molar-refractivity contribution is 9.10. The van der Waals surface area contributed by atoms with Crippen molar-refractivity contribution < 1.29 is 8.42 Å². The fourth-order valence-electron chi connectivity index (χ4n) is 2.31. The maximum absolute atomic E-state index is 12.4. The first-order valence-electron chi connectivity index (χ1n) is 6.14. The molecule has 1 saturated heterocycles. The van der Waals surface area contributed by atoms with Crippen LogP contribution < -0.4 is 0 Å². The molecule has 9 heteroatoms. The lowest BCUT2D eigenvalue weighted by Gasteiger charge is -2.15. The maximum atomic E-state index is 12.4. The summed E-state index contributed by atoms with van der Waals surface area (Å²) in [5, 5.41) is 4.32. The normalized spacial score (nSPS) is 20.6. The lowest BCUT2D eigenvalue weighted by Crippen LogP contribution is -2.29. The zero-order chi connectivity index (χ0) is 14.3. The molecule has 1 fully saturated rings. The Morgan fingerprint density at radius 1 is 1.40 bits per heavy atom. The van der Waals surface area contributed by atoms with Gasteiger partial charge in [-0.05, 0) is 22.4 Å². The summed E-state index contributed by atoms with van der Waals surface area (Å²) in [6, 6.07) is 0.0692. The molecule has 0 aliphatic carbocycles. The minimum Gasteiger partial charge on any atom is -0.339 e. The van der Waals surface area contributed by atoms with Gasteiger partial charge < -0.3 is 4.57 Å². The van der Waals surface area contributed by atoms with Crippen LogP contribution in [0.1, 0.15) is 12.5 Å². The van der Waals surface area contributed by atoms with Crippen LogP contribution in [0.5, 0.6) is 0 Å². The summed E-state index contributed by atoms with van der Waals surface area (Å²) in [6.45, 7) is 0.911. The molecule has 108 valence electrons. The van der Waals surface area contributed by atoms with E-state index in [9.17, 15) is 8.42 Å². The number of aromatic nitrogens is 4. The molecule has 1 aliphatic rings. The summed E-state index contributed by atoms with van der Waals surface area (Å²) in [4.78, 5) is 3.94. The Morgan fingerprint density at radius 2 is 2.20 bits per heavy atom. The molecule has 20 heavy (non-hydrogen) atoms. The van der Waals surface area contributed by atoms with Crippen LogP contribution in [-0.4, -0.2) is 45.1 Å². The third kappa shape index (κ3) is 2.40. The summed E-state index contributed by atoms with van der Waals surface area (Å²) in [7, 11) is -1.75. The lowest BCUT2D eigenvalue weighted by molar-refractivity contribution is 0.433. The van der Waals surface area contributed by atoms with Crippen LogP contribution in [0.3, 0.4) is 0 Å². The molecular weight excluding hydrogens is 346 g/mol. The van der Waals surface area contributed by atoms with Gasteiger partial charge in [-0.2, -0.15) is 9.40 Å². The van der Waals surface area contributed by atoms with Crippen LogP contribution >= 0.6 is 15.9 Å². The van der Waals surface area contributed by atoms with Crippen molar-refractivity contribution in [2.75, 3.05) is 13.1 Å². The second-order valence-corrected chi connectivity index (χ2v) is 7.62. The Labute approximate surface area is 125 Å². The van der Waals surface area contributed by atoms with E-state index in [1.54, 1.807) is 22.5 Å². The van der Waals surface area contributed by atoms with Crippen LogP contribution in [0.15, 0.2) is 34.4 Å². The molecular formula is C11H14BrN5O2S. The quantitative estimate of drug-likeness (QED) is 0.819. The number of hydrogen-bond acceptors (Lipinski definition) is 4. The van der Waals surface area contributed by atoms with Crippen LogP contribution in [0.4, 0.5) is 0 Å². The van der Waals surface area contributed by atoms with E-state index >= 15 is 0 Å². The van der Waals surface area contributed by atoms with Crippen molar-refractivity contribution in [1.82, 2.24) is 23.6 Å². The molecule has 0 amide bonds. The third-order valence-electron chi connectivity index (χ3n) is 3.36. The molecule has 0 aromatic carbocycles. The summed E-state index contributed by atoms with van der Waals surface area (Å²) < 4.78 is 30.7. The number of nitrogens with zero attached hydrogens (tertiary/aromatic N) is 5. The molecule has 0 saturated carbocycles. The van der Waals surface area contributed by atoms with Gasteiger partial charge in [-0.1, -0.05) is 0 Å². The van der Waals surface area contributed by atoms with Crippen LogP contribution in [-0.2, 0) is 17.1 Å². The van der Waals surface area contributed by atoms with Gasteiger partial charge in [0.25, 0.3) is 10.0 Å². The summed E-state index contributed by atoms with van der Waals surface area (Å²) in [5.74, 6) is 0. The maximum Gasteiger partial charge on any atom is 0.262 e. The predicted molar refractivity (Wildman–Crippen MR) is 75.5 cm³/mol. The Hall–Kier alpha value is -1.19. The van der Waals surface area contributed by atoms with Gasteiger partial charge >= 0.3 is 0 Å². The number of aryl methyl sites for hydroxylation is 1. The highest BCUT2D eigenvalue weighted by atomic mass is 79.9. The molecule has 2 aromatic heterocycles. The summed E-state index contributed by atoms with van der Waals surface area (Å²) in [5.41, 5.74) is 0. The third-order valence-corrected chi connectivity index (χ3v) is 5.52. The lowest BCUT2D eigenvalue weighted by atomic mass is 10.3. The SMILES string of the molecule is Cn1cnc(S(=O)(=O)N2CCC(n3cc(Br)cn3)C2)c1. The fourth-order valence-corrected chi connectivity index (χ4v) is 4.07. The number of rotatable bonds is 3. The highest BCUT2D eigenvalue weighted by Crippen LogP contribution is 2.27. The van der Waals surface area contributed by atoms with Gasteiger partial charge in [0.05, 0.1) is 23.0 Å². The molecule has 1 atom stereocenters. The number of halogens is 1. The van der Waals surface area contributed by atoms with E-state index < -0.39 is 10.0 Å². The van der Waals surface area contributed by atoms with E-state index in [1.165, 1.54) is 16.8 Å². The van der Waals surface area contributed by atoms with Crippen LogP contribution in [0.2, 0.25) is 0 Å². The Morgan fingerprint density at radius 3 is 2.80 bits per heavy atom. The summed E-state index contributed by atoms with van der Waals surface area (Å²) >= 11 is 3.35. The van der Waals surface area contributed by atoms with E-state index in [0.717, 1.165) is 10.9 Å². The Kier molecular flexibility index (Phi) is 3.43. The molecule has 1 unspecified atom stereocenters. The molecule has 0 N–H and O–H groups in total. The van der Waals surface area contributed by atoms with Gasteiger partial charge in [0.1, 0.15) is 0 Å². The molecule has 3 rings (SSSR count). The molecule has 1 aliphatic heterocycles. The van der Waals surface area contributed by atoms with Gasteiger partial charge in [-0.3, -0.25) is 4.68 Å². The van der Waals surface area contributed by atoms with E-state index in [0.29, 0.717) is 13.1 Å². The topological polar surface area (TPSA) is 73.0 Å². The second kappa shape index (κ2) is 4.97. The Balaban J connectivity index is 1.80. The first-order chi connectivity index (χ1) is 9.46. The van der Waals surface area contributed by atoms with Crippen molar-refractivity contribution in [3.05, 3.63) is 29.4 Å². The van der Waals surface area contributed by atoms with Gasteiger partial charge in [0.15, 0.2) is 5.03 Å². The standard InChI is InChI=1S/C11H14BrN5O2S/c1-15-7-11(13-8-15)20(18,19)16-3-2-10(6-16)17-5-9(12)4-14-17/h4-5,7-8,10H,2-3,6H2,1H3. The van der Waals surface area contributed by atoms with Gasteiger partial charge in [-0.15, -0.1) is 0 Å². The molecule has 0 radical (unpaired) electrons. The van der Waals surface area contributed by atoms with Gasteiger partial charge in [0, 0.05) is 32.5 Å². The monoisotopic (exact) mass is 359 g/mol. The number of imidazole rings is 1. The first kappa shape index (κ1) is 13.8. The molecule has 3 heterocycles. The number of sulfonamides is 1. The van der Waals surface area contributed by atoms with Crippen molar-refractivity contribution in [1.29, 1.82) is 0 Å². The molecule has 7 nitrogen and oxygen atoms in total. The largest absolute Gasteiger partial charge is 0.339 e. The molecule has 0 bridgehead atoms. The van der Waals surface area contributed by atoms with Crippen LogP contribution in [0, 0.1) is 0 Å². The number of hydrogen-bond donors (Lipinski definition) is 0. The van der Waals surface area contributed by atoms with Crippen molar-refractivity contribution in [3.8, 4) is 0 Å². The Bertz CT molecular complexity index is 723. The van der Waals surface area contributed by atoms with E-state index in [-0.39, 0.29) is 11.1 Å². The smallest absolute Gasteiger partial charge is 0.262 e. The van der Waals surface area contributed by atoms with Gasteiger partial charge in [-0.25, -0.2) is 13.4 Å². The van der Waals surface area contributed by atoms with Crippen LogP contribution in [0.25, 0.3) is 0 Å². The predicted octanol–water partition coefficient (Wildman–Crippen LogP) is 1.01. The van der Waals surface area contributed by atoms with Crippen molar-refractivity contribution in [2.24, 2.45) is 7.05 Å². The summed E-state index contributed by atoms with van der Waals surface area (Å²) in [6.07, 6.45) is 7.33. The van der Waals surface area contributed by atoms with Crippen molar-refractivity contribution in [3.63, 3.8) is 0 Å². The zero-order valence-corrected chi connectivity index (χ0v) is 13.2. The zero-order valence-electron chi connectivity index (χ0n) is 10.8. The minimum absolute atomic E-state index is 0.0692. The van der Waals surface area contributed by atoms with E-state index in [4.69, 9.17) is 0 Å². The minimum atomic E-state index is -3.50. The highest BCUT2D eigenvalue weighted by Gasteiger charge is 2.34. The molecule has 2 aromatic rings. The molecule has 0 spiro atoms. The average Bonchev–Trinajstić information content (AvgIpc) is 3.07. The van der Waals surface area contributed by atoms with Gasteiger partial charge in [0.2, 0.25) is 0 Å². The van der Waals surface area contributed by atoms with E-state index in [1.807, 2.05) is 6.20 Å². The first-order valence-corrected chi connectivity index (χ1v) is 8.38. The van der Waals surface area contributed by atoms with Crippen molar-refractivity contribution >= 4 is 26.0 Å². The van der Waals surface area contributed by atoms with E-state index in [2.05, 4.69) is 26.0 Å².